The third-order valence-corrected chi connectivity index (χ3v) is 3.79. The zero-order chi connectivity index (χ0) is 13.8. The molecule has 0 amide bonds. The van der Waals surface area contributed by atoms with E-state index in [1.807, 2.05) is 12.1 Å². The largest absolute Gasteiger partial charge is 0.463 e. The van der Waals surface area contributed by atoms with Crippen molar-refractivity contribution in [2.45, 2.75) is 20.0 Å². The molecule has 0 aromatic carbocycles. The topological polar surface area (TPSA) is 61.6 Å². The summed E-state index contributed by atoms with van der Waals surface area (Å²) < 4.78 is 15.2. The lowest BCUT2D eigenvalue weighted by Gasteiger charge is -1.96. The second-order valence-corrected chi connectivity index (χ2v) is 5.01. The molecule has 0 bridgehead atoms. The van der Waals surface area contributed by atoms with E-state index < -0.39 is 5.97 Å². The van der Waals surface area contributed by atoms with Crippen LogP contribution in [0.5, 0.6) is 0 Å². The lowest BCUT2D eigenvalue weighted by Crippen LogP contribution is -2.04. The fraction of sp³-hybridized carbons (Fsp3) is 0.385. The van der Waals surface area contributed by atoms with E-state index in [0.717, 1.165) is 11.3 Å². The number of aromatic nitrogens is 1. The number of hydrogen-bond acceptors (Lipinski definition) is 6. The summed E-state index contributed by atoms with van der Waals surface area (Å²) in [6.45, 7) is 2.29. The average Bonchev–Trinajstić information content (AvgIpc) is 3.04. The van der Waals surface area contributed by atoms with Crippen LogP contribution in [0.4, 0.5) is 0 Å². The number of hydrogen-bond donors (Lipinski definition) is 0. The fourth-order valence-electron chi connectivity index (χ4n) is 1.63. The number of thiophene rings is 1. The van der Waals surface area contributed by atoms with Gasteiger partial charge in [0.05, 0.1) is 18.6 Å². The zero-order valence-electron chi connectivity index (χ0n) is 11.1. The van der Waals surface area contributed by atoms with Crippen LogP contribution in [0.25, 0.3) is 10.8 Å². The van der Waals surface area contributed by atoms with Gasteiger partial charge in [-0.25, -0.2) is 9.78 Å². The van der Waals surface area contributed by atoms with Crippen molar-refractivity contribution in [3.05, 3.63) is 28.5 Å². The zero-order valence-corrected chi connectivity index (χ0v) is 11.9. The second kappa shape index (κ2) is 5.99. The Balaban J connectivity index is 2.38. The van der Waals surface area contributed by atoms with Crippen molar-refractivity contribution in [3.63, 3.8) is 0 Å². The number of carbonyl (C=O) groups is 1. The molecule has 2 heterocycles. The molecule has 2 aromatic heterocycles. The molecule has 0 saturated heterocycles. The normalized spacial score (nSPS) is 10.7. The lowest BCUT2D eigenvalue weighted by molar-refractivity contribution is 0.0559. The van der Waals surface area contributed by atoms with Crippen molar-refractivity contribution in [1.82, 2.24) is 4.98 Å². The van der Waals surface area contributed by atoms with Gasteiger partial charge >= 0.3 is 5.97 Å². The number of methoxy groups -OCH3 is 2. The van der Waals surface area contributed by atoms with E-state index in [-0.39, 0.29) is 12.4 Å². The van der Waals surface area contributed by atoms with Crippen LogP contribution in [-0.2, 0) is 22.5 Å². The smallest absolute Gasteiger partial charge is 0.376 e. The van der Waals surface area contributed by atoms with E-state index in [1.54, 1.807) is 11.3 Å². The van der Waals surface area contributed by atoms with Crippen molar-refractivity contribution in [2.24, 2.45) is 0 Å². The van der Waals surface area contributed by atoms with Crippen LogP contribution in [0.15, 0.2) is 16.5 Å². The predicted molar refractivity (Wildman–Crippen MR) is 71.2 cm³/mol. The molecular weight excluding hydrogens is 266 g/mol. The van der Waals surface area contributed by atoms with Crippen molar-refractivity contribution < 1.29 is 18.7 Å². The first-order valence-electron chi connectivity index (χ1n) is 5.85. The average molecular weight is 281 g/mol. The minimum absolute atomic E-state index is 0.103. The Morgan fingerprint density at radius 2 is 2.21 bits per heavy atom. The molecule has 0 N–H and O–H groups in total. The molecule has 0 unspecified atom stereocenters. The molecule has 102 valence electrons. The second-order valence-electron chi connectivity index (χ2n) is 3.84. The molecule has 0 fully saturated rings. The molecule has 0 aliphatic carbocycles. The summed E-state index contributed by atoms with van der Waals surface area (Å²) in [5.41, 5.74) is 0.454. The maximum Gasteiger partial charge on any atom is 0.376 e. The van der Waals surface area contributed by atoms with Crippen LogP contribution in [0.1, 0.15) is 28.0 Å². The standard InChI is InChI=1S/C13H15NO4S/c1-4-8-5-6-10(19-8)12-14-9(7-16-2)11(18-12)13(15)17-3/h5-6H,4,7H2,1-3H3. The van der Waals surface area contributed by atoms with E-state index in [2.05, 4.69) is 16.6 Å². The number of esters is 1. The number of oxazole rings is 1. The lowest BCUT2D eigenvalue weighted by atomic mass is 10.3. The number of carbonyl (C=O) groups excluding carboxylic acids is 1. The molecule has 2 aromatic rings. The molecule has 5 nitrogen and oxygen atoms in total. The Bertz CT molecular complexity index is 573. The van der Waals surface area contributed by atoms with Gasteiger partial charge in [-0.05, 0) is 18.6 Å². The molecule has 0 atom stereocenters. The van der Waals surface area contributed by atoms with E-state index >= 15 is 0 Å². The first-order valence-corrected chi connectivity index (χ1v) is 6.67. The van der Waals surface area contributed by atoms with Gasteiger partial charge in [-0.15, -0.1) is 11.3 Å². The molecule has 0 spiro atoms. The van der Waals surface area contributed by atoms with Gasteiger partial charge in [-0.2, -0.15) is 0 Å². The van der Waals surface area contributed by atoms with Crippen molar-refractivity contribution in [1.29, 1.82) is 0 Å². The molecule has 0 aliphatic rings. The van der Waals surface area contributed by atoms with Gasteiger partial charge in [-0.1, -0.05) is 6.92 Å². The summed E-state index contributed by atoms with van der Waals surface area (Å²) in [4.78, 5) is 18.0. The number of ether oxygens (including phenoxy) is 2. The van der Waals surface area contributed by atoms with Crippen LogP contribution in [0.3, 0.4) is 0 Å². The van der Waals surface area contributed by atoms with Gasteiger partial charge in [0.2, 0.25) is 11.7 Å². The monoisotopic (exact) mass is 281 g/mol. The maximum atomic E-state index is 11.6. The third kappa shape index (κ3) is 2.85. The van der Waals surface area contributed by atoms with Crippen molar-refractivity contribution in [2.75, 3.05) is 14.2 Å². The summed E-state index contributed by atoms with van der Waals surface area (Å²) >= 11 is 1.60. The fourth-order valence-corrected chi connectivity index (χ4v) is 2.50. The summed E-state index contributed by atoms with van der Waals surface area (Å²) in [7, 11) is 2.84. The summed E-state index contributed by atoms with van der Waals surface area (Å²) in [5, 5.41) is 0. The molecule has 0 radical (unpaired) electrons. The Hall–Kier alpha value is -1.66. The van der Waals surface area contributed by atoms with Gasteiger partial charge in [0.15, 0.2) is 0 Å². The number of aryl methyl sites for hydroxylation is 1. The minimum Gasteiger partial charge on any atom is -0.463 e. The molecular formula is C13H15NO4S. The first kappa shape index (κ1) is 13.8. The summed E-state index contributed by atoms with van der Waals surface area (Å²) in [6.07, 6.45) is 0.958. The van der Waals surface area contributed by atoms with Crippen molar-refractivity contribution >= 4 is 17.3 Å². The quantitative estimate of drug-likeness (QED) is 0.789. The highest BCUT2D eigenvalue weighted by molar-refractivity contribution is 7.15. The van der Waals surface area contributed by atoms with Gasteiger partial charge in [0.1, 0.15) is 5.69 Å². The first-order chi connectivity index (χ1) is 9.19. The highest BCUT2D eigenvalue weighted by atomic mass is 32.1. The van der Waals surface area contributed by atoms with E-state index in [9.17, 15) is 4.79 Å². The van der Waals surface area contributed by atoms with E-state index in [1.165, 1.54) is 19.1 Å². The van der Waals surface area contributed by atoms with E-state index in [4.69, 9.17) is 9.15 Å². The highest BCUT2D eigenvalue weighted by Gasteiger charge is 2.22. The Morgan fingerprint density at radius 1 is 1.42 bits per heavy atom. The van der Waals surface area contributed by atoms with Crippen LogP contribution in [0.2, 0.25) is 0 Å². The van der Waals surface area contributed by atoms with Crippen LogP contribution >= 0.6 is 11.3 Å². The number of rotatable bonds is 5. The SMILES string of the molecule is CCc1ccc(-c2nc(COC)c(C(=O)OC)o2)s1. The third-order valence-electron chi connectivity index (χ3n) is 2.57. The predicted octanol–water partition coefficient (Wildman–Crippen LogP) is 2.90. The van der Waals surface area contributed by atoms with Crippen molar-refractivity contribution in [3.8, 4) is 10.8 Å². The highest BCUT2D eigenvalue weighted by Crippen LogP contribution is 2.29. The molecule has 2 rings (SSSR count). The molecule has 19 heavy (non-hydrogen) atoms. The van der Waals surface area contributed by atoms with Crippen LogP contribution in [0, 0.1) is 0 Å². The molecule has 0 saturated carbocycles. The van der Waals surface area contributed by atoms with E-state index in [0.29, 0.717) is 11.6 Å². The molecule has 0 aliphatic heterocycles. The van der Waals surface area contributed by atoms with Gasteiger partial charge < -0.3 is 13.9 Å². The van der Waals surface area contributed by atoms with Gasteiger partial charge in [-0.3, -0.25) is 0 Å². The Morgan fingerprint density at radius 3 is 2.79 bits per heavy atom. The van der Waals surface area contributed by atoms with Gasteiger partial charge in [0.25, 0.3) is 0 Å². The van der Waals surface area contributed by atoms with Crippen LogP contribution in [-0.4, -0.2) is 25.2 Å². The maximum absolute atomic E-state index is 11.6. The summed E-state index contributed by atoms with van der Waals surface area (Å²) in [5.74, 6) is -0.0129. The Labute approximate surface area is 115 Å². The van der Waals surface area contributed by atoms with Crippen LogP contribution < -0.4 is 0 Å². The van der Waals surface area contributed by atoms with Gasteiger partial charge in [0, 0.05) is 12.0 Å². The Kier molecular flexibility index (Phi) is 4.34. The summed E-state index contributed by atoms with van der Waals surface area (Å²) in [6, 6.07) is 3.96. The molecule has 6 heteroatoms. The number of nitrogens with zero attached hydrogens (tertiary/aromatic N) is 1. The minimum atomic E-state index is -0.543.